The maximum absolute atomic E-state index is 5.13. The summed E-state index contributed by atoms with van der Waals surface area (Å²) in [5, 5.41) is 3.78. The molecule has 0 bridgehead atoms. The molecule has 1 saturated carbocycles. The van der Waals surface area contributed by atoms with Gasteiger partial charge in [-0.1, -0.05) is 72.2 Å². The van der Waals surface area contributed by atoms with Gasteiger partial charge >= 0.3 is 0 Å². The van der Waals surface area contributed by atoms with Crippen molar-refractivity contribution in [1.29, 1.82) is 0 Å². The van der Waals surface area contributed by atoms with E-state index in [0.717, 1.165) is 18.6 Å². The normalized spacial score (nSPS) is 12.3. The molecule has 0 aromatic carbocycles. The molecule has 1 aliphatic rings. The molecule has 2 rings (SSSR count). The van der Waals surface area contributed by atoms with E-state index in [9.17, 15) is 0 Å². The molecule has 1 aromatic rings. The van der Waals surface area contributed by atoms with Crippen molar-refractivity contribution in [1.82, 2.24) is 5.16 Å². The zero-order valence-electron chi connectivity index (χ0n) is 18.2. The first-order valence-corrected chi connectivity index (χ1v) is 9.94. The summed E-state index contributed by atoms with van der Waals surface area (Å²) in [5.74, 6) is 1.85. The molecule has 1 aromatic heterocycles. The first-order chi connectivity index (χ1) is 12.2. The molecule has 0 amide bonds. The molecule has 1 fully saturated rings. The van der Waals surface area contributed by atoms with Crippen LogP contribution in [0, 0.1) is 0 Å². The number of aromatic nitrogens is 1. The Hall–Kier alpha value is -1.64. The largest absolute Gasteiger partial charge is 0.361 e. The van der Waals surface area contributed by atoms with E-state index in [-0.39, 0.29) is 0 Å². The van der Waals surface area contributed by atoms with E-state index in [2.05, 4.69) is 37.6 Å². The molecular formula is C22H42N2O. The molecule has 0 aliphatic heterocycles. The molecule has 146 valence electrons. The van der Waals surface area contributed by atoms with Gasteiger partial charge in [0.25, 0.3) is 0 Å². The molecule has 0 saturated heterocycles. The zero-order valence-corrected chi connectivity index (χ0v) is 18.2. The Morgan fingerprint density at radius 2 is 1.76 bits per heavy atom. The number of aliphatic imine (C=N–C) groups is 1. The molecule has 3 heteroatoms. The van der Waals surface area contributed by atoms with Gasteiger partial charge in [0.05, 0.1) is 6.20 Å². The molecule has 3 nitrogen and oxygen atoms in total. The van der Waals surface area contributed by atoms with E-state index >= 15 is 0 Å². The van der Waals surface area contributed by atoms with Crippen LogP contribution in [0.3, 0.4) is 0 Å². The highest BCUT2D eigenvalue weighted by Crippen LogP contribution is 2.41. The number of nitrogens with zero attached hydrogens (tertiary/aromatic N) is 2. The molecule has 0 unspecified atom stereocenters. The summed E-state index contributed by atoms with van der Waals surface area (Å²) in [6, 6.07) is 0. The van der Waals surface area contributed by atoms with Gasteiger partial charge in [-0.2, -0.15) is 0 Å². The third-order valence-corrected chi connectivity index (χ3v) is 3.14. The highest BCUT2D eigenvalue weighted by molar-refractivity contribution is 5.26. The van der Waals surface area contributed by atoms with Crippen molar-refractivity contribution >= 4 is 6.72 Å². The van der Waals surface area contributed by atoms with Crippen LogP contribution < -0.4 is 0 Å². The second-order valence-electron chi connectivity index (χ2n) is 4.73. The molecular weight excluding hydrogens is 308 g/mol. The standard InChI is InChI=1S/C8H11NO.C8H13N.3C2H6/c1-2-6-5-9-10-8(6)7-3-4-7;1-4-8(2)6-5-7-9-3;3*1-2/h5,7H,2-4H2,1H3;5-7H,3-4H2,1-2H3;3*1-2H3/b;7-5-,8-6+;;;. The fraction of sp³-hybridized carbons (Fsp3) is 0.636. The van der Waals surface area contributed by atoms with Crippen LogP contribution in [-0.4, -0.2) is 11.9 Å². The van der Waals surface area contributed by atoms with Crippen molar-refractivity contribution < 1.29 is 4.52 Å². The summed E-state index contributed by atoms with van der Waals surface area (Å²) in [4.78, 5) is 3.57. The van der Waals surface area contributed by atoms with Crippen LogP contribution in [0.25, 0.3) is 0 Å². The molecule has 0 spiro atoms. The lowest BCUT2D eigenvalue weighted by molar-refractivity contribution is 0.383. The Morgan fingerprint density at radius 3 is 2.16 bits per heavy atom. The van der Waals surface area contributed by atoms with Crippen LogP contribution in [0.2, 0.25) is 0 Å². The fourth-order valence-corrected chi connectivity index (χ4v) is 1.60. The summed E-state index contributed by atoms with van der Waals surface area (Å²) in [5.41, 5.74) is 2.65. The number of aryl methyl sites for hydroxylation is 1. The smallest absolute Gasteiger partial charge is 0.142 e. The van der Waals surface area contributed by atoms with E-state index in [1.54, 1.807) is 6.20 Å². The minimum absolute atomic E-state index is 0.706. The van der Waals surface area contributed by atoms with Crippen molar-refractivity contribution in [3.8, 4) is 0 Å². The number of allylic oxidation sites excluding steroid dienone is 3. The summed E-state index contributed by atoms with van der Waals surface area (Å²) in [6.45, 7) is 21.7. The van der Waals surface area contributed by atoms with E-state index in [1.165, 1.54) is 24.0 Å². The Labute approximate surface area is 157 Å². The number of hydrogen-bond donors (Lipinski definition) is 0. The molecule has 1 aliphatic carbocycles. The van der Waals surface area contributed by atoms with Gasteiger partial charge in [0.2, 0.25) is 0 Å². The summed E-state index contributed by atoms with van der Waals surface area (Å²) in [7, 11) is 0. The summed E-state index contributed by atoms with van der Waals surface area (Å²) < 4.78 is 5.13. The lowest BCUT2D eigenvalue weighted by Gasteiger charge is -1.91. The van der Waals surface area contributed by atoms with Crippen molar-refractivity contribution in [3.63, 3.8) is 0 Å². The van der Waals surface area contributed by atoms with Gasteiger partial charge in [-0.05, 0) is 45.4 Å². The fourth-order valence-electron chi connectivity index (χ4n) is 1.60. The lowest BCUT2D eigenvalue weighted by atomic mass is 10.1. The predicted octanol–water partition coefficient (Wildman–Crippen LogP) is 7.75. The van der Waals surface area contributed by atoms with E-state index in [4.69, 9.17) is 4.52 Å². The van der Waals surface area contributed by atoms with Crippen LogP contribution in [0.1, 0.15) is 98.8 Å². The van der Waals surface area contributed by atoms with E-state index in [0.29, 0.717) is 5.92 Å². The van der Waals surface area contributed by atoms with Crippen LogP contribution in [0.5, 0.6) is 0 Å². The number of rotatable bonds is 5. The maximum atomic E-state index is 5.13. The lowest BCUT2D eigenvalue weighted by Crippen LogP contribution is -1.81. The zero-order chi connectivity index (χ0) is 20.1. The van der Waals surface area contributed by atoms with Crippen molar-refractivity contribution in [3.05, 3.63) is 41.4 Å². The minimum Gasteiger partial charge on any atom is -0.361 e. The third kappa shape index (κ3) is 15.6. The van der Waals surface area contributed by atoms with Crippen LogP contribution in [0.4, 0.5) is 0 Å². The quantitative estimate of drug-likeness (QED) is 0.402. The molecule has 1 heterocycles. The van der Waals surface area contributed by atoms with E-state index < -0.39 is 0 Å². The van der Waals surface area contributed by atoms with Gasteiger partial charge in [0, 0.05) is 17.7 Å². The second kappa shape index (κ2) is 22.4. The molecule has 0 radical (unpaired) electrons. The monoisotopic (exact) mass is 350 g/mol. The van der Waals surface area contributed by atoms with Gasteiger partial charge in [-0.3, -0.25) is 4.99 Å². The Morgan fingerprint density at radius 1 is 1.20 bits per heavy atom. The topological polar surface area (TPSA) is 38.4 Å². The Kier molecular flexibility index (Phi) is 25.2. The Bertz CT molecular complexity index is 441. The summed E-state index contributed by atoms with van der Waals surface area (Å²) >= 11 is 0. The maximum Gasteiger partial charge on any atom is 0.142 e. The van der Waals surface area contributed by atoms with Crippen LogP contribution in [0.15, 0.2) is 39.6 Å². The average molecular weight is 351 g/mol. The van der Waals surface area contributed by atoms with E-state index in [1.807, 2.05) is 59.9 Å². The minimum atomic E-state index is 0.706. The summed E-state index contributed by atoms with van der Waals surface area (Å²) in [6.07, 6.45) is 12.2. The van der Waals surface area contributed by atoms with Gasteiger partial charge in [0.1, 0.15) is 5.76 Å². The molecule has 25 heavy (non-hydrogen) atoms. The third-order valence-electron chi connectivity index (χ3n) is 3.14. The SMILES string of the molecule is C=N/C=C\C=C(/C)CC.CC.CC.CC.CCc1cnoc1C1CC1. The van der Waals surface area contributed by atoms with Crippen LogP contribution in [-0.2, 0) is 6.42 Å². The van der Waals surface area contributed by atoms with Crippen molar-refractivity contribution in [2.75, 3.05) is 0 Å². The van der Waals surface area contributed by atoms with Crippen molar-refractivity contribution in [2.45, 2.75) is 93.9 Å². The highest BCUT2D eigenvalue weighted by atomic mass is 16.5. The van der Waals surface area contributed by atoms with Gasteiger partial charge in [-0.15, -0.1) is 0 Å². The van der Waals surface area contributed by atoms with Crippen molar-refractivity contribution in [2.24, 2.45) is 4.99 Å². The average Bonchev–Trinajstić information content (AvgIpc) is 3.44. The Balaban J connectivity index is -0.000000300. The van der Waals surface area contributed by atoms with Crippen LogP contribution >= 0.6 is 0 Å². The highest BCUT2D eigenvalue weighted by Gasteiger charge is 2.29. The first kappa shape index (κ1) is 28.2. The molecule has 0 atom stereocenters. The van der Waals surface area contributed by atoms with Gasteiger partial charge in [0.15, 0.2) is 0 Å². The number of hydrogen-bond acceptors (Lipinski definition) is 3. The molecule has 0 N–H and O–H groups in total. The second-order valence-corrected chi connectivity index (χ2v) is 4.73. The van der Waals surface area contributed by atoms with Gasteiger partial charge in [-0.25, -0.2) is 0 Å². The van der Waals surface area contributed by atoms with Gasteiger partial charge < -0.3 is 4.52 Å². The first-order valence-electron chi connectivity index (χ1n) is 9.94. The predicted molar refractivity (Wildman–Crippen MR) is 115 cm³/mol.